The van der Waals surface area contributed by atoms with Crippen LogP contribution in [0, 0.1) is 17.0 Å². The summed E-state index contributed by atoms with van der Waals surface area (Å²) in [6, 6.07) is 18.0. The van der Waals surface area contributed by atoms with E-state index in [2.05, 4.69) is 58.5 Å². The van der Waals surface area contributed by atoms with E-state index in [1.165, 1.54) is 17.7 Å². The van der Waals surface area contributed by atoms with Crippen LogP contribution in [0.1, 0.15) is 36.5 Å². The lowest BCUT2D eigenvalue weighted by molar-refractivity contribution is -0.384. The van der Waals surface area contributed by atoms with Gasteiger partial charge in [-0.1, -0.05) is 41.9 Å². The number of halogens is 1. The summed E-state index contributed by atoms with van der Waals surface area (Å²) in [5, 5.41) is 15.0. The molecule has 0 atom stereocenters. The lowest BCUT2D eigenvalue weighted by Crippen LogP contribution is -2.11. The summed E-state index contributed by atoms with van der Waals surface area (Å²) in [6.07, 6.45) is 1.64. The maximum atomic E-state index is 10.8. The number of hydrazone groups is 1. The van der Waals surface area contributed by atoms with Crippen molar-refractivity contribution >= 4 is 33.5 Å². The average molecular weight is 512 g/mol. The number of nitrogens with one attached hydrogen (secondary N) is 1. The summed E-state index contributed by atoms with van der Waals surface area (Å²) in [7, 11) is 0. The van der Waals surface area contributed by atoms with Crippen LogP contribution in [0.15, 0.2) is 70.2 Å². The van der Waals surface area contributed by atoms with Gasteiger partial charge in [0.1, 0.15) is 24.7 Å². The number of benzene rings is 3. The van der Waals surface area contributed by atoms with Crippen molar-refractivity contribution in [2.24, 2.45) is 5.10 Å². The van der Waals surface area contributed by atoms with Gasteiger partial charge in [0.2, 0.25) is 0 Å². The van der Waals surface area contributed by atoms with E-state index in [4.69, 9.17) is 9.47 Å². The minimum Gasteiger partial charge on any atom is -0.490 e. The summed E-state index contributed by atoms with van der Waals surface area (Å²) >= 11 is 3.47. The van der Waals surface area contributed by atoms with Gasteiger partial charge in [-0.2, -0.15) is 5.10 Å². The van der Waals surface area contributed by atoms with Crippen molar-refractivity contribution in [1.29, 1.82) is 0 Å². The van der Waals surface area contributed by atoms with Crippen LogP contribution in [0.25, 0.3) is 0 Å². The molecule has 7 nitrogen and oxygen atoms in total. The molecule has 0 spiro atoms. The summed E-state index contributed by atoms with van der Waals surface area (Å²) in [6.45, 7) is 7.13. The normalized spacial score (nSPS) is 11.1. The van der Waals surface area contributed by atoms with Crippen LogP contribution < -0.4 is 14.9 Å². The number of nitrogens with zero attached hydrogens (tertiary/aromatic N) is 2. The maximum absolute atomic E-state index is 10.8. The zero-order valence-corrected chi connectivity index (χ0v) is 20.3. The largest absolute Gasteiger partial charge is 0.490 e. The van der Waals surface area contributed by atoms with Crippen LogP contribution in [-0.4, -0.2) is 24.4 Å². The number of anilines is 1. The van der Waals surface area contributed by atoms with Crippen molar-refractivity contribution < 1.29 is 14.4 Å². The number of hydrogen-bond acceptors (Lipinski definition) is 6. The molecule has 1 N–H and O–H groups in total. The van der Waals surface area contributed by atoms with Crippen LogP contribution in [-0.2, 0) is 0 Å². The van der Waals surface area contributed by atoms with Crippen molar-refractivity contribution in [3.05, 3.63) is 91.9 Å². The van der Waals surface area contributed by atoms with E-state index < -0.39 is 4.92 Å². The molecule has 0 radical (unpaired) electrons. The summed E-state index contributed by atoms with van der Waals surface area (Å²) in [5.74, 6) is 1.93. The Morgan fingerprint density at radius 1 is 1.03 bits per heavy atom. The number of hydrogen-bond donors (Lipinski definition) is 1. The minimum absolute atomic E-state index is 0.0283. The molecule has 3 aromatic rings. The zero-order chi connectivity index (χ0) is 23.8. The second-order valence-electron chi connectivity index (χ2n) is 7.75. The third-order valence-corrected chi connectivity index (χ3v) is 5.33. The molecule has 172 valence electrons. The summed E-state index contributed by atoms with van der Waals surface area (Å²) in [5.41, 5.74) is 6.64. The molecule has 33 heavy (non-hydrogen) atoms. The Labute approximate surface area is 201 Å². The number of non-ortho nitro benzene ring substituents is 1. The van der Waals surface area contributed by atoms with Crippen LogP contribution in [0.5, 0.6) is 11.5 Å². The molecule has 0 bridgehead atoms. The standard InChI is InChI=1S/C25H26BrN3O4/c1-17(2)23-10-4-18(3)14-25(23)33-13-12-32-24-11-5-20(26)15-19(24)16-27-28-21-6-8-22(9-7-21)29(30)31/h4-11,14-17,28H,12-13H2,1-3H3/b27-16+. The average Bonchev–Trinajstić information content (AvgIpc) is 2.78. The lowest BCUT2D eigenvalue weighted by Gasteiger charge is -2.15. The Balaban J connectivity index is 1.60. The Bertz CT molecular complexity index is 1130. The Morgan fingerprint density at radius 3 is 2.39 bits per heavy atom. The number of nitro groups is 1. The third-order valence-electron chi connectivity index (χ3n) is 4.84. The molecular formula is C25H26BrN3O4. The van der Waals surface area contributed by atoms with Crippen molar-refractivity contribution in [1.82, 2.24) is 0 Å². The van der Waals surface area contributed by atoms with Crippen LogP contribution in [0.2, 0.25) is 0 Å². The highest BCUT2D eigenvalue weighted by Crippen LogP contribution is 2.28. The van der Waals surface area contributed by atoms with Crippen LogP contribution in [0.3, 0.4) is 0 Å². The highest BCUT2D eigenvalue weighted by Gasteiger charge is 2.09. The van der Waals surface area contributed by atoms with Gasteiger partial charge in [-0.3, -0.25) is 15.5 Å². The molecular weight excluding hydrogens is 486 g/mol. The molecule has 8 heteroatoms. The van der Waals surface area contributed by atoms with Crippen molar-refractivity contribution in [3.8, 4) is 11.5 Å². The lowest BCUT2D eigenvalue weighted by atomic mass is 10.0. The Hall–Kier alpha value is -3.39. The monoisotopic (exact) mass is 511 g/mol. The molecule has 3 rings (SSSR count). The Morgan fingerprint density at radius 2 is 1.73 bits per heavy atom. The van der Waals surface area contributed by atoms with E-state index in [1.54, 1.807) is 18.3 Å². The molecule has 0 aliphatic rings. The molecule has 0 heterocycles. The predicted octanol–water partition coefficient (Wildman–Crippen LogP) is 6.69. The van der Waals surface area contributed by atoms with Gasteiger partial charge >= 0.3 is 0 Å². The van der Waals surface area contributed by atoms with E-state index in [1.807, 2.05) is 25.1 Å². The molecule has 0 amide bonds. The summed E-state index contributed by atoms with van der Waals surface area (Å²) in [4.78, 5) is 10.3. The van der Waals surface area contributed by atoms with E-state index in [9.17, 15) is 10.1 Å². The highest BCUT2D eigenvalue weighted by molar-refractivity contribution is 9.10. The van der Waals surface area contributed by atoms with E-state index in [0.717, 1.165) is 21.3 Å². The second kappa shape index (κ2) is 11.5. The fourth-order valence-electron chi connectivity index (χ4n) is 3.13. The summed E-state index contributed by atoms with van der Waals surface area (Å²) < 4.78 is 12.8. The molecule has 0 fully saturated rings. The number of aryl methyl sites for hydroxylation is 1. The van der Waals surface area contributed by atoms with Gasteiger partial charge in [-0.15, -0.1) is 0 Å². The van der Waals surface area contributed by atoms with Gasteiger partial charge in [-0.25, -0.2) is 0 Å². The predicted molar refractivity (Wildman–Crippen MR) is 135 cm³/mol. The van der Waals surface area contributed by atoms with Gasteiger partial charge in [0.25, 0.3) is 5.69 Å². The smallest absolute Gasteiger partial charge is 0.269 e. The third kappa shape index (κ3) is 7.05. The van der Waals surface area contributed by atoms with E-state index in [0.29, 0.717) is 30.6 Å². The topological polar surface area (TPSA) is 86.0 Å². The minimum atomic E-state index is -0.440. The number of ether oxygens (including phenoxy) is 2. The molecule has 0 unspecified atom stereocenters. The zero-order valence-electron chi connectivity index (χ0n) is 18.7. The first-order valence-corrected chi connectivity index (χ1v) is 11.3. The van der Waals surface area contributed by atoms with Gasteiger partial charge in [0, 0.05) is 22.2 Å². The highest BCUT2D eigenvalue weighted by atomic mass is 79.9. The second-order valence-corrected chi connectivity index (χ2v) is 8.66. The number of nitro benzene ring substituents is 1. The quantitative estimate of drug-likeness (QED) is 0.142. The Kier molecular flexibility index (Phi) is 8.43. The van der Waals surface area contributed by atoms with Gasteiger partial charge in [-0.05, 0) is 60.4 Å². The first-order chi connectivity index (χ1) is 15.8. The van der Waals surface area contributed by atoms with E-state index in [-0.39, 0.29) is 5.69 Å². The molecule has 0 aliphatic heterocycles. The maximum Gasteiger partial charge on any atom is 0.269 e. The van der Waals surface area contributed by atoms with Gasteiger partial charge in [0.15, 0.2) is 0 Å². The molecule has 0 saturated carbocycles. The van der Waals surface area contributed by atoms with Crippen molar-refractivity contribution in [2.75, 3.05) is 18.6 Å². The van der Waals surface area contributed by atoms with Crippen LogP contribution in [0.4, 0.5) is 11.4 Å². The van der Waals surface area contributed by atoms with Crippen molar-refractivity contribution in [2.45, 2.75) is 26.7 Å². The van der Waals surface area contributed by atoms with E-state index >= 15 is 0 Å². The molecule has 0 saturated heterocycles. The van der Waals surface area contributed by atoms with Crippen molar-refractivity contribution in [3.63, 3.8) is 0 Å². The molecule has 0 aromatic heterocycles. The van der Waals surface area contributed by atoms with Gasteiger partial charge in [0.05, 0.1) is 16.8 Å². The first kappa shape index (κ1) is 24.3. The number of rotatable bonds is 10. The van der Waals surface area contributed by atoms with Crippen LogP contribution >= 0.6 is 15.9 Å². The molecule has 3 aromatic carbocycles. The SMILES string of the molecule is Cc1ccc(C(C)C)c(OCCOc2ccc(Br)cc2/C=N/Nc2ccc([N+](=O)[O-])cc2)c1. The molecule has 0 aliphatic carbocycles. The first-order valence-electron chi connectivity index (χ1n) is 10.5. The fourth-order valence-corrected chi connectivity index (χ4v) is 3.51. The van der Waals surface area contributed by atoms with Gasteiger partial charge < -0.3 is 9.47 Å². The fraction of sp³-hybridized carbons (Fsp3) is 0.240.